The van der Waals surface area contributed by atoms with Crippen molar-refractivity contribution in [2.45, 2.75) is 24.8 Å². The van der Waals surface area contributed by atoms with E-state index >= 15 is 0 Å². The highest BCUT2D eigenvalue weighted by atomic mass is 35.5. The second kappa shape index (κ2) is 7.98. The highest BCUT2D eigenvalue weighted by Gasteiger charge is 2.23. The van der Waals surface area contributed by atoms with Gasteiger partial charge < -0.3 is 4.90 Å². The third-order valence-electron chi connectivity index (χ3n) is 4.89. The first kappa shape index (κ1) is 21.0. The molecule has 1 aromatic heterocycles. The predicted molar refractivity (Wildman–Crippen MR) is 112 cm³/mol. The summed E-state index contributed by atoms with van der Waals surface area (Å²) in [5.41, 5.74) is 2.72. The Kier molecular flexibility index (Phi) is 5.79. The van der Waals surface area contributed by atoms with Gasteiger partial charge in [0.25, 0.3) is 5.91 Å². The van der Waals surface area contributed by atoms with Gasteiger partial charge >= 0.3 is 0 Å². The maximum atomic E-state index is 13.0. The molecule has 0 aliphatic heterocycles. The van der Waals surface area contributed by atoms with Crippen molar-refractivity contribution in [2.24, 2.45) is 5.14 Å². The number of carbonyl (C=O) groups is 1. The van der Waals surface area contributed by atoms with Gasteiger partial charge in [-0.05, 0) is 49.7 Å². The van der Waals surface area contributed by atoms with E-state index in [0.29, 0.717) is 16.3 Å². The maximum absolute atomic E-state index is 13.0. The molecule has 0 spiro atoms. The molecule has 0 radical (unpaired) electrons. The lowest BCUT2D eigenvalue weighted by atomic mass is 10.1. The number of nitrogens with zero attached hydrogens (tertiary/aromatic N) is 3. The molecular formula is C20H21ClN4O3S. The van der Waals surface area contributed by atoms with Gasteiger partial charge in [-0.2, -0.15) is 5.10 Å². The zero-order chi connectivity index (χ0) is 21.3. The fraction of sp³-hybridized carbons (Fsp3) is 0.200. The topological polar surface area (TPSA) is 98.3 Å². The normalized spacial score (nSPS) is 12.6. The van der Waals surface area contributed by atoms with Crippen molar-refractivity contribution in [3.05, 3.63) is 76.6 Å². The molecule has 2 aromatic carbocycles. The summed E-state index contributed by atoms with van der Waals surface area (Å²) in [5.74, 6) is -0.196. The first-order valence-electron chi connectivity index (χ1n) is 8.80. The molecule has 1 heterocycles. The lowest BCUT2D eigenvalue weighted by Crippen LogP contribution is -2.30. The first-order valence-corrected chi connectivity index (χ1v) is 10.7. The molecule has 29 heavy (non-hydrogen) atoms. The van der Waals surface area contributed by atoms with E-state index in [1.165, 1.54) is 18.3 Å². The van der Waals surface area contributed by atoms with Crippen molar-refractivity contribution in [1.82, 2.24) is 14.7 Å². The molecule has 1 atom stereocenters. The Morgan fingerprint density at radius 1 is 1.21 bits per heavy atom. The molecule has 0 aliphatic rings. The van der Waals surface area contributed by atoms with Gasteiger partial charge in [0, 0.05) is 12.1 Å². The summed E-state index contributed by atoms with van der Waals surface area (Å²) in [4.78, 5) is 14.7. The summed E-state index contributed by atoms with van der Waals surface area (Å²) >= 11 is 6.05. The molecule has 7 nitrogen and oxygen atoms in total. The number of amides is 1. The number of sulfonamides is 1. The van der Waals surface area contributed by atoms with Gasteiger partial charge in [-0.3, -0.25) is 4.79 Å². The van der Waals surface area contributed by atoms with E-state index in [0.717, 1.165) is 11.3 Å². The number of nitrogens with two attached hydrogens (primary N) is 1. The van der Waals surface area contributed by atoms with Crippen molar-refractivity contribution >= 4 is 27.5 Å². The summed E-state index contributed by atoms with van der Waals surface area (Å²) in [6.45, 7) is 3.68. The summed E-state index contributed by atoms with van der Waals surface area (Å²) in [5, 5.41) is 10.0. The summed E-state index contributed by atoms with van der Waals surface area (Å²) < 4.78 is 24.5. The van der Waals surface area contributed by atoms with Crippen molar-refractivity contribution in [3.8, 4) is 5.69 Å². The van der Waals surface area contributed by atoms with Crippen LogP contribution >= 0.6 is 11.6 Å². The summed E-state index contributed by atoms with van der Waals surface area (Å²) in [6, 6.07) is 13.1. The number of primary sulfonamides is 1. The smallest absolute Gasteiger partial charge is 0.257 e. The molecule has 2 N–H and O–H groups in total. The van der Waals surface area contributed by atoms with Crippen molar-refractivity contribution in [1.29, 1.82) is 0 Å². The Morgan fingerprint density at radius 2 is 1.86 bits per heavy atom. The maximum Gasteiger partial charge on any atom is 0.257 e. The van der Waals surface area contributed by atoms with Crippen LogP contribution in [0.4, 0.5) is 0 Å². The molecule has 0 saturated heterocycles. The molecule has 3 rings (SSSR count). The molecule has 0 bridgehead atoms. The van der Waals surface area contributed by atoms with E-state index in [4.69, 9.17) is 16.7 Å². The van der Waals surface area contributed by atoms with E-state index in [-0.39, 0.29) is 16.8 Å². The van der Waals surface area contributed by atoms with Gasteiger partial charge in [-0.15, -0.1) is 0 Å². The Morgan fingerprint density at radius 3 is 2.45 bits per heavy atom. The Hall–Kier alpha value is -2.68. The number of aromatic nitrogens is 2. The van der Waals surface area contributed by atoms with Crippen LogP contribution in [0.5, 0.6) is 0 Å². The molecule has 3 aromatic rings. The van der Waals surface area contributed by atoms with Crippen molar-refractivity contribution in [2.75, 3.05) is 7.05 Å². The predicted octanol–water partition coefficient (Wildman–Crippen LogP) is 3.31. The molecule has 1 amide bonds. The second-order valence-corrected chi connectivity index (χ2v) is 8.74. The number of rotatable bonds is 5. The fourth-order valence-electron chi connectivity index (χ4n) is 3.01. The van der Waals surface area contributed by atoms with Crippen LogP contribution in [-0.4, -0.2) is 36.1 Å². The van der Waals surface area contributed by atoms with Gasteiger partial charge in [0.1, 0.15) is 0 Å². The lowest BCUT2D eigenvalue weighted by Gasteiger charge is -2.25. The zero-order valence-corrected chi connectivity index (χ0v) is 17.8. The van der Waals surface area contributed by atoms with Crippen molar-refractivity contribution in [3.63, 3.8) is 0 Å². The van der Waals surface area contributed by atoms with E-state index in [1.807, 2.05) is 26.0 Å². The van der Waals surface area contributed by atoms with E-state index in [2.05, 4.69) is 5.10 Å². The quantitative estimate of drug-likeness (QED) is 0.668. The summed E-state index contributed by atoms with van der Waals surface area (Å²) in [6.07, 6.45) is 1.53. The zero-order valence-electron chi connectivity index (χ0n) is 16.2. The van der Waals surface area contributed by atoms with Gasteiger partial charge in [-0.1, -0.05) is 29.8 Å². The monoisotopic (exact) mass is 432 g/mol. The van der Waals surface area contributed by atoms with Crippen LogP contribution in [0.1, 0.15) is 34.6 Å². The van der Waals surface area contributed by atoms with E-state index in [1.54, 1.807) is 40.9 Å². The van der Waals surface area contributed by atoms with Gasteiger partial charge in [0.15, 0.2) is 0 Å². The molecule has 0 fully saturated rings. The highest BCUT2D eigenvalue weighted by Crippen LogP contribution is 2.24. The molecule has 0 aliphatic carbocycles. The molecule has 152 valence electrons. The van der Waals surface area contributed by atoms with Crippen LogP contribution in [0.25, 0.3) is 5.69 Å². The molecule has 0 saturated carbocycles. The first-order chi connectivity index (χ1) is 13.6. The minimum atomic E-state index is -3.76. The lowest BCUT2D eigenvalue weighted by molar-refractivity contribution is 0.0742. The summed E-state index contributed by atoms with van der Waals surface area (Å²) in [7, 11) is -2.07. The van der Waals surface area contributed by atoms with Crippen LogP contribution in [0.3, 0.4) is 0 Å². The fourth-order valence-corrected chi connectivity index (χ4v) is 3.71. The van der Waals surface area contributed by atoms with Crippen molar-refractivity contribution < 1.29 is 13.2 Å². The minimum absolute atomic E-state index is 0.0288. The van der Waals surface area contributed by atoms with Crippen LogP contribution in [-0.2, 0) is 10.0 Å². The van der Waals surface area contributed by atoms with Crippen LogP contribution in [0.15, 0.2) is 59.6 Å². The van der Waals surface area contributed by atoms with Gasteiger partial charge in [-0.25, -0.2) is 18.2 Å². The Labute approximate surface area is 174 Å². The van der Waals surface area contributed by atoms with E-state index in [9.17, 15) is 13.2 Å². The highest BCUT2D eigenvalue weighted by molar-refractivity contribution is 7.89. The SMILES string of the molecule is Cc1c(C(=O)N(C)C(C)c2ccc(S(N)(=O)=O)cc2)cnn1-c1cccc(Cl)c1. The van der Waals surface area contributed by atoms with E-state index < -0.39 is 10.0 Å². The number of benzene rings is 2. The van der Waals surface area contributed by atoms with Crippen LogP contribution < -0.4 is 5.14 Å². The molecule has 1 unspecified atom stereocenters. The van der Waals surface area contributed by atoms with Crippen LogP contribution in [0.2, 0.25) is 5.02 Å². The Balaban J connectivity index is 1.85. The largest absolute Gasteiger partial charge is 0.335 e. The number of hydrogen-bond acceptors (Lipinski definition) is 4. The number of halogens is 1. The second-order valence-electron chi connectivity index (χ2n) is 6.74. The van der Waals surface area contributed by atoms with Crippen LogP contribution in [0, 0.1) is 6.92 Å². The number of hydrogen-bond donors (Lipinski definition) is 1. The molecular weight excluding hydrogens is 412 g/mol. The van der Waals surface area contributed by atoms with Gasteiger partial charge in [0.2, 0.25) is 10.0 Å². The minimum Gasteiger partial charge on any atom is -0.335 e. The average molecular weight is 433 g/mol. The van der Waals surface area contributed by atoms with Gasteiger partial charge in [0.05, 0.1) is 34.1 Å². The third kappa shape index (κ3) is 4.34. The average Bonchev–Trinajstić information content (AvgIpc) is 3.07. The Bertz CT molecular complexity index is 1160. The molecule has 9 heteroatoms. The number of carbonyl (C=O) groups excluding carboxylic acids is 1. The third-order valence-corrected chi connectivity index (χ3v) is 6.05. The standard InChI is InChI=1S/C20H21ClN4O3S/c1-13(15-7-9-18(10-8-15)29(22,27)28)24(3)20(26)19-12-23-25(14(19)2)17-6-4-5-16(21)11-17/h4-13H,1-3H3,(H2,22,27,28).